The van der Waals surface area contributed by atoms with Crippen molar-refractivity contribution in [3.8, 4) is 0 Å². The van der Waals surface area contributed by atoms with Gasteiger partial charge in [0.15, 0.2) is 0 Å². The van der Waals surface area contributed by atoms with Crippen molar-refractivity contribution in [3.05, 3.63) is 34.3 Å². The molecule has 1 saturated carbocycles. The van der Waals surface area contributed by atoms with Crippen molar-refractivity contribution in [1.29, 1.82) is 0 Å². The Kier molecular flexibility index (Phi) is 3.97. The molecule has 0 amide bonds. The van der Waals surface area contributed by atoms with Gasteiger partial charge in [-0.25, -0.2) is 0 Å². The number of hydrogen-bond acceptors (Lipinski definition) is 3. The summed E-state index contributed by atoms with van der Waals surface area (Å²) < 4.78 is 11.9. The van der Waals surface area contributed by atoms with Crippen LogP contribution in [-0.2, 0) is 16.1 Å². The SMILES string of the molecule is COC1C(O)CC1OCc1ccccc1Br. The molecule has 0 bridgehead atoms. The van der Waals surface area contributed by atoms with Crippen LogP contribution in [0.1, 0.15) is 12.0 Å². The molecule has 0 heterocycles. The zero-order valence-corrected chi connectivity index (χ0v) is 10.7. The molecule has 88 valence electrons. The molecule has 1 aromatic rings. The molecule has 3 nitrogen and oxygen atoms in total. The van der Waals surface area contributed by atoms with Gasteiger partial charge < -0.3 is 14.6 Å². The van der Waals surface area contributed by atoms with E-state index in [1.807, 2.05) is 24.3 Å². The van der Waals surface area contributed by atoms with Gasteiger partial charge in [-0.3, -0.25) is 0 Å². The van der Waals surface area contributed by atoms with Gasteiger partial charge in [-0.1, -0.05) is 34.1 Å². The van der Waals surface area contributed by atoms with Gasteiger partial charge >= 0.3 is 0 Å². The number of halogens is 1. The van der Waals surface area contributed by atoms with Gasteiger partial charge in [0.25, 0.3) is 0 Å². The number of aliphatic hydroxyl groups excluding tert-OH is 1. The van der Waals surface area contributed by atoms with E-state index in [0.717, 1.165) is 10.0 Å². The van der Waals surface area contributed by atoms with Crippen LogP contribution in [0.4, 0.5) is 0 Å². The topological polar surface area (TPSA) is 38.7 Å². The highest BCUT2D eigenvalue weighted by molar-refractivity contribution is 9.10. The van der Waals surface area contributed by atoms with Gasteiger partial charge in [-0.2, -0.15) is 0 Å². The van der Waals surface area contributed by atoms with Crippen LogP contribution >= 0.6 is 15.9 Å². The lowest BCUT2D eigenvalue weighted by Gasteiger charge is -2.39. The number of benzene rings is 1. The molecular weight excluding hydrogens is 272 g/mol. The number of methoxy groups -OCH3 is 1. The van der Waals surface area contributed by atoms with E-state index in [1.165, 1.54) is 0 Å². The minimum absolute atomic E-state index is 0.00658. The molecule has 1 aliphatic rings. The maximum absolute atomic E-state index is 9.42. The summed E-state index contributed by atoms with van der Waals surface area (Å²) in [4.78, 5) is 0. The Hall–Kier alpha value is -0.420. The van der Waals surface area contributed by atoms with Gasteiger partial charge in [-0.05, 0) is 11.6 Å². The minimum atomic E-state index is -0.380. The van der Waals surface area contributed by atoms with E-state index in [1.54, 1.807) is 7.11 Å². The van der Waals surface area contributed by atoms with Crippen molar-refractivity contribution < 1.29 is 14.6 Å². The third-order valence-electron chi connectivity index (χ3n) is 2.90. The Labute approximate surface area is 104 Å². The van der Waals surface area contributed by atoms with Gasteiger partial charge in [0.2, 0.25) is 0 Å². The van der Waals surface area contributed by atoms with Crippen LogP contribution in [0.15, 0.2) is 28.7 Å². The Morgan fingerprint density at radius 3 is 2.81 bits per heavy atom. The van der Waals surface area contributed by atoms with Gasteiger partial charge in [0.1, 0.15) is 6.10 Å². The molecule has 1 aliphatic carbocycles. The fraction of sp³-hybridized carbons (Fsp3) is 0.500. The lowest BCUT2D eigenvalue weighted by molar-refractivity contribution is -0.185. The van der Waals surface area contributed by atoms with Crippen LogP contribution in [0, 0.1) is 0 Å². The number of ether oxygens (including phenoxy) is 2. The standard InChI is InChI=1S/C12H15BrO3/c1-15-12-10(14)6-11(12)16-7-8-4-2-3-5-9(8)13/h2-5,10-12,14H,6-7H2,1H3. The Bertz CT molecular complexity index is 356. The lowest BCUT2D eigenvalue weighted by Crippen LogP contribution is -2.53. The first kappa shape index (κ1) is 12.0. The van der Waals surface area contributed by atoms with E-state index >= 15 is 0 Å². The average molecular weight is 287 g/mol. The number of aliphatic hydroxyl groups is 1. The van der Waals surface area contributed by atoms with Gasteiger partial charge in [0, 0.05) is 18.0 Å². The van der Waals surface area contributed by atoms with Gasteiger partial charge in [-0.15, -0.1) is 0 Å². The minimum Gasteiger partial charge on any atom is -0.390 e. The third-order valence-corrected chi connectivity index (χ3v) is 3.68. The van der Waals surface area contributed by atoms with E-state index in [-0.39, 0.29) is 18.3 Å². The summed E-state index contributed by atoms with van der Waals surface area (Å²) in [6.45, 7) is 0.540. The van der Waals surface area contributed by atoms with Crippen LogP contribution in [0.5, 0.6) is 0 Å². The van der Waals surface area contributed by atoms with Crippen molar-refractivity contribution in [2.75, 3.05) is 7.11 Å². The lowest BCUT2D eigenvalue weighted by atomic mass is 9.88. The van der Waals surface area contributed by atoms with Crippen LogP contribution in [0.25, 0.3) is 0 Å². The molecule has 0 aliphatic heterocycles. The molecule has 0 aromatic heterocycles. The zero-order chi connectivity index (χ0) is 11.5. The Balaban J connectivity index is 1.87. The first-order valence-electron chi connectivity index (χ1n) is 5.28. The predicted molar refractivity (Wildman–Crippen MR) is 64.1 cm³/mol. The van der Waals surface area contributed by atoms with Crippen LogP contribution in [0.2, 0.25) is 0 Å². The maximum atomic E-state index is 9.42. The summed E-state index contributed by atoms with van der Waals surface area (Å²) in [6, 6.07) is 7.95. The summed E-state index contributed by atoms with van der Waals surface area (Å²) in [5, 5.41) is 9.42. The summed E-state index contributed by atoms with van der Waals surface area (Å²) >= 11 is 3.47. The molecule has 4 heteroatoms. The van der Waals surface area contributed by atoms with E-state index < -0.39 is 0 Å². The monoisotopic (exact) mass is 286 g/mol. The van der Waals surface area contributed by atoms with Gasteiger partial charge in [0.05, 0.1) is 18.8 Å². The second-order valence-corrected chi connectivity index (χ2v) is 4.80. The fourth-order valence-electron chi connectivity index (χ4n) is 1.84. The quantitative estimate of drug-likeness (QED) is 0.922. The van der Waals surface area contributed by atoms with Crippen molar-refractivity contribution in [2.24, 2.45) is 0 Å². The van der Waals surface area contributed by atoms with Crippen LogP contribution in [-0.4, -0.2) is 30.5 Å². The Morgan fingerprint density at radius 2 is 2.19 bits per heavy atom. The molecule has 3 unspecified atom stereocenters. The van der Waals surface area contributed by atoms with E-state index in [9.17, 15) is 5.11 Å². The molecule has 1 aromatic carbocycles. The normalized spacial score (nSPS) is 28.8. The largest absolute Gasteiger partial charge is 0.390 e. The number of rotatable bonds is 4. The molecule has 16 heavy (non-hydrogen) atoms. The summed E-state index contributed by atoms with van der Waals surface area (Å²) in [7, 11) is 1.60. The van der Waals surface area contributed by atoms with Crippen LogP contribution in [0.3, 0.4) is 0 Å². The molecule has 1 fully saturated rings. The summed E-state index contributed by atoms with van der Waals surface area (Å²) in [6.07, 6.45) is 0.104. The summed E-state index contributed by atoms with van der Waals surface area (Å²) in [5.74, 6) is 0. The Morgan fingerprint density at radius 1 is 1.44 bits per heavy atom. The first-order chi connectivity index (χ1) is 7.72. The van der Waals surface area contributed by atoms with E-state index in [2.05, 4.69) is 15.9 Å². The van der Waals surface area contributed by atoms with E-state index in [4.69, 9.17) is 9.47 Å². The zero-order valence-electron chi connectivity index (χ0n) is 9.10. The van der Waals surface area contributed by atoms with Crippen molar-refractivity contribution >= 4 is 15.9 Å². The second-order valence-electron chi connectivity index (χ2n) is 3.94. The van der Waals surface area contributed by atoms with Crippen molar-refractivity contribution in [1.82, 2.24) is 0 Å². The molecule has 0 saturated heterocycles. The highest BCUT2D eigenvalue weighted by Crippen LogP contribution is 2.28. The smallest absolute Gasteiger partial charge is 0.109 e. The number of hydrogen-bond donors (Lipinski definition) is 1. The molecule has 0 spiro atoms. The molecule has 2 rings (SSSR count). The van der Waals surface area contributed by atoms with Crippen LogP contribution < -0.4 is 0 Å². The highest BCUT2D eigenvalue weighted by atomic mass is 79.9. The summed E-state index contributed by atoms with van der Waals surface area (Å²) in [5.41, 5.74) is 1.11. The highest BCUT2D eigenvalue weighted by Gasteiger charge is 2.41. The average Bonchev–Trinajstić information content (AvgIpc) is 2.26. The fourth-order valence-corrected chi connectivity index (χ4v) is 2.24. The third kappa shape index (κ3) is 2.46. The molecular formula is C12H15BrO3. The molecule has 1 N–H and O–H groups in total. The maximum Gasteiger partial charge on any atom is 0.109 e. The molecule has 3 atom stereocenters. The predicted octanol–water partition coefficient (Wildman–Crippen LogP) is 2.11. The van der Waals surface area contributed by atoms with Crippen molar-refractivity contribution in [2.45, 2.75) is 31.3 Å². The molecule has 0 radical (unpaired) electrons. The van der Waals surface area contributed by atoms with Crippen molar-refractivity contribution in [3.63, 3.8) is 0 Å². The van der Waals surface area contributed by atoms with E-state index in [0.29, 0.717) is 13.0 Å². The second kappa shape index (κ2) is 5.27. The first-order valence-corrected chi connectivity index (χ1v) is 6.07.